The van der Waals surface area contributed by atoms with Gasteiger partial charge in [-0.2, -0.15) is 0 Å². The van der Waals surface area contributed by atoms with Gasteiger partial charge in [0, 0.05) is 18.6 Å². The summed E-state index contributed by atoms with van der Waals surface area (Å²) >= 11 is 0. The van der Waals surface area contributed by atoms with Crippen molar-refractivity contribution in [3.8, 4) is 0 Å². The van der Waals surface area contributed by atoms with Crippen LogP contribution in [0.3, 0.4) is 0 Å². The van der Waals surface area contributed by atoms with Crippen molar-refractivity contribution in [1.82, 2.24) is 4.90 Å². The zero-order valence-corrected chi connectivity index (χ0v) is 9.91. The highest BCUT2D eigenvalue weighted by molar-refractivity contribution is 5.08. The van der Waals surface area contributed by atoms with E-state index in [1.165, 1.54) is 45.1 Å². The number of rotatable bonds is 4. The van der Waals surface area contributed by atoms with Crippen LogP contribution in [0.5, 0.6) is 0 Å². The van der Waals surface area contributed by atoms with Gasteiger partial charge in [0.05, 0.1) is 0 Å². The van der Waals surface area contributed by atoms with Crippen LogP contribution in [-0.4, -0.2) is 30.6 Å². The molecule has 0 radical (unpaired) electrons. The molecule has 0 spiro atoms. The van der Waals surface area contributed by atoms with Gasteiger partial charge in [-0.25, -0.2) is 0 Å². The molecule has 0 aromatic rings. The minimum atomic E-state index is 0.394. The predicted octanol–water partition coefficient (Wildman–Crippen LogP) is 1.85. The monoisotopic (exact) mass is 208 g/mol. The molecule has 2 nitrogen and oxygen atoms in total. The Morgan fingerprint density at radius 2 is 2.07 bits per heavy atom. The molecule has 0 aromatic heterocycles. The molecule has 3 aliphatic rings. The van der Waals surface area contributed by atoms with Crippen molar-refractivity contribution < 1.29 is 0 Å². The number of nitrogens with zero attached hydrogens (tertiary/aromatic N) is 1. The summed E-state index contributed by atoms with van der Waals surface area (Å²) in [6, 6.07) is 0. The smallest absolute Gasteiger partial charge is 0.0359 e. The Morgan fingerprint density at radius 1 is 1.27 bits per heavy atom. The molecule has 2 bridgehead atoms. The summed E-state index contributed by atoms with van der Waals surface area (Å²) in [4.78, 5) is 2.63. The van der Waals surface area contributed by atoms with Gasteiger partial charge in [0.15, 0.2) is 0 Å². The zero-order chi connectivity index (χ0) is 10.5. The van der Waals surface area contributed by atoms with E-state index in [1.807, 2.05) is 0 Å². The van der Waals surface area contributed by atoms with Gasteiger partial charge in [-0.15, -0.1) is 0 Å². The standard InChI is InChI=1S/C13H24N2/c1-15(8-10-2-3-10)13(9-14)7-11-4-5-12(13)6-11/h10-12H,2-9,14H2,1H3. The molecule has 86 valence electrons. The van der Waals surface area contributed by atoms with Crippen molar-refractivity contribution in [2.75, 3.05) is 20.1 Å². The third-order valence-electron chi connectivity index (χ3n) is 5.29. The molecule has 3 unspecified atom stereocenters. The third kappa shape index (κ3) is 1.53. The molecular weight excluding hydrogens is 184 g/mol. The Bertz CT molecular complexity index is 249. The molecule has 0 aliphatic heterocycles. The van der Waals surface area contributed by atoms with Crippen LogP contribution in [0.4, 0.5) is 0 Å². The van der Waals surface area contributed by atoms with E-state index in [0.717, 1.165) is 24.3 Å². The Labute approximate surface area is 93.2 Å². The number of fused-ring (bicyclic) bond motifs is 2. The average molecular weight is 208 g/mol. The zero-order valence-electron chi connectivity index (χ0n) is 9.91. The van der Waals surface area contributed by atoms with Crippen LogP contribution in [0.25, 0.3) is 0 Å². The largest absolute Gasteiger partial charge is 0.329 e. The maximum atomic E-state index is 6.11. The van der Waals surface area contributed by atoms with Crippen LogP contribution < -0.4 is 5.73 Å². The SMILES string of the molecule is CN(CC1CC1)C1(CN)CC2CCC1C2. The van der Waals surface area contributed by atoms with Crippen molar-refractivity contribution >= 4 is 0 Å². The second-order valence-corrected chi connectivity index (χ2v) is 6.21. The lowest BCUT2D eigenvalue weighted by Crippen LogP contribution is -2.56. The highest BCUT2D eigenvalue weighted by atomic mass is 15.2. The fourth-order valence-electron chi connectivity index (χ4n) is 4.16. The molecule has 3 rings (SSSR count). The summed E-state index contributed by atoms with van der Waals surface area (Å²) in [5, 5.41) is 0. The van der Waals surface area contributed by atoms with Crippen molar-refractivity contribution in [3.63, 3.8) is 0 Å². The van der Waals surface area contributed by atoms with Crippen LogP contribution in [0.15, 0.2) is 0 Å². The van der Waals surface area contributed by atoms with E-state index in [4.69, 9.17) is 5.73 Å². The molecular formula is C13H24N2. The summed E-state index contributed by atoms with van der Waals surface area (Å²) in [6.07, 6.45) is 8.68. The topological polar surface area (TPSA) is 29.3 Å². The number of nitrogens with two attached hydrogens (primary N) is 1. The van der Waals surface area contributed by atoms with Gasteiger partial charge in [0.1, 0.15) is 0 Å². The summed E-state index contributed by atoms with van der Waals surface area (Å²) in [6.45, 7) is 2.19. The van der Waals surface area contributed by atoms with Gasteiger partial charge >= 0.3 is 0 Å². The fraction of sp³-hybridized carbons (Fsp3) is 1.00. The highest BCUT2D eigenvalue weighted by Crippen LogP contribution is 2.53. The van der Waals surface area contributed by atoms with Crippen molar-refractivity contribution in [3.05, 3.63) is 0 Å². The molecule has 2 N–H and O–H groups in total. The van der Waals surface area contributed by atoms with Crippen LogP contribution in [0, 0.1) is 17.8 Å². The lowest BCUT2D eigenvalue weighted by molar-refractivity contribution is 0.0617. The van der Waals surface area contributed by atoms with E-state index in [9.17, 15) is 0 Å². The summed E-state index contributed by atoms with van der Waals surface area (Å²) in [7, 11) is 2.33. The van der Waals surface area contributed by atoms with E-state index < -0.39 is 0 Å². The molecule has 0 aromatic carbocycles. The predicted molar refractivity (Wildman–Crippen MR) is 62.6 cm³/mol. The van der Waals surface area contributed by atoms with Gasteiger partial charge in [-0.05, 0) is 56.9 Å². The minimum absolute atomic E-state index is 0.394. The Balaban J connectivity index is 1.73. The average Bonchev–Trinajstić information content (AvgIpc) is 2.83. The molecule has 2 heteroatoms. The Morgan fingerprint density at radius 3 is 2.53 bits per heavy atom. The lowest BCUT2D eigenvalue weighted by Gasteiger charge is -2.44. The van der Waals surface area contributed by atoms with Crippen LogP contribution in [0.2, 0.25) is 0 Å². The van der Waals surface area contributed by atoms with Crippen molar-refractivity contribution in [2.24, 2.45) is 23.5 Å². The van der Waals surface area contributed by atoms with Gasteiger partial charge in [0.25, 0.3) is 0 Å². The minimum Gasteiger partial charge on any atom is -0.329 e. The fourth-order valence-corrected chi connectivity index (χ4v) is 4.16. The first-order chi connectivity index (χ1) is 7.24. The Hall–Kier alpha value is -0.0800. The first kappa shape index (κ1) is 10.1. The van der Waals surface area contributed by atoms with Gasteiger partial charge in [-0.1, -0.05) is 6.42 Å². The lowest BCUT2D eigenvalue weighted by atomic mass is 9.79. The summed E-state index contributed by atoms with van der Waals surface area (Å²) in [5.74, 6) is 2.91. The molecule has 3 saturated carbocycles. The van der Waals surface area contributed by atoms with E-state index in [-0.39, 0.29) is 0 Å². The van der Waals surface area contributed by atoms with E-state index in [0.29, 0.717) is 5.54 Å². The maximum absolute atomic E-state index is 6.11. The summed E-state index contributed by atoms with van der Waals surface area (Å²) in [5.41, 5.74) is 6.51. The molecule has 0 saturated heterocycles. The quantitative estimate of drug-likeness (QED) is 0.764. The first-order valence-corrected chi connectivity index (χ1v) is 6.66. The van der Waals surface area contributed by atoms with Crippen LogP contribution >= 0.6 is 0 Å². The van der Waals surface area contributed by atoms with E-state index in [1.54, 1.807) is 0 Å². The molecule has 0 heterocycles. The van der Waals surface area contributed by atoms with Gasteiger partial charge in [-0.3, -0.25) is 4.90 Å². The van der Waals surface area contributed by atoms with Crippen LogP contribution in [0.1, 0.15) is 38.5 Å². The second kappa shape index (κ2) is 3.46. The highest BCUT2D eigenvalue weighted by Gasteiger charge is 2.52. The normalized spacial score (nSPS) is 44.2. The van der Waals surface area contributed by atoms with E-state index >= 15 is 0 Å². The first-order valence-electron chi connectivity index (χ1n) is 6.66. The van der Waals surface area contributed by atoms with Crippen molar-refractivity contribution in [2.45, 2.75) is 44.1 Å². The second-order valence-electron chi connectivity index (χ2n) is 6.21. The number of likely N-dealkylation sites (N-methyl/N-ethyl adjacent to an activating group) is 1. The molecule has 0 amide bonds. The molecule has 3 fully saturated rings. The van der Waals surface area contributed by atoms with Crippen LogP contribution in [-0.2, 0) is 0 Å². The molecule has 3 aliphatic carbocycles. The van der Waals surface area contributed by atoms with Gasteiger partial charge < -0.3 is 5.73 Å². The maximum Gasteiger partial charge on any atom is 0.0359 e. The Kier molecular flexibility index (Phi) is 2.33. The third-order valence-corrected chi connectivity index (χ3v) is 5.29. The van der Waals surface area contributed by atoms with Crippen molar-refractivity contribution in [1.29, 1.82) is 0 Å². The summed E-state index contributed by atoms with van der Waals surface area (Å²) < 4.78 is 0. The number of hydrogen-bond acceptors (Lipinski definition) is 2. The molecule has 3 atom stereocenters. The van der Waals surface area contributed by atoms with Gasteiger partial charge in [0.2, 0.25) is 0 Å². The van der Waals surface area contributed by atoms with E-state index in [2.05, 4.69) is 11.9 Å². The number of hydrogen-bond donors (Lipinski definition) is 1. The molecule has 15 heavy (non-hydrogen) atoms.